The van der Waals surface area contributed by atoms with Crippen molar-refractivity contribution in [3.63, 3.8) is 0 Å². The quantitative estimate of drug-likeness (QED) is 0.398. The molecule has 2 atom stereocenters. The first kappa shape index (κ1) is 18.0. The molecule has 6 rings (SSSR count). The van der Waals surface area contributed by atoms with Crippen LogP contribution in [0.5, 0.6) is 0 Å². The van der Waals surface area contributed by atoms with Crippen molar-refractivity contribution in [1.82, 2.24) is 14.5 Å². The SMILES string of the molecule is O=c1c2c(-c3ccncc3F)cccc2ccn1[C@@H]1C[C@@H]1c1ccc2ccccc2n1. The maximum absolute atomic E-state index is 14.4. The van der Waals surface area contributed by atoms with Crippen LogP contribution in [0.2, 0.25) is 0 Å². The minimum absolute atomic E-state index is 0.0564. The summed E-state index contributed by atoms with van der Waals surface area (Å²) in [7, 11) is 0. The predicted octanol–water partition coefficient (Wildman–Crippen LogP) is 5.48. The van der Waals surface area contributed by atoms with Crippen LogP contribution in [0.15, 0.2) is 90.1 Å². The van der Waals surface area contributed by atoms with Crippen molar-refractivity contribution >= 4 is 21.7 Å². The van der Waals surface area contributed by atoms with Crippen LogP contribution in [0.25, 0.3) is 32.8 Å². The zero-order valence-electron chi connectivity index (χ0n) is 16.6. The summed E-state index contributed by atoms with van der Waals surface area (Å²) in [4.78, 5) is 22.1. The van der Waals surface area contributed by atoms with Crippen LogP contribution in [0.3, 0.4) is 0 Å². The lowest BCUT2D eigenvalue weighted by atomic mass is 10.00. The van der Waals surface area contributed by atoms with E-state index in [0.29, 0.717) is 16.5 Å². The second kappa shape index (κ2) is 6.84. The molecule has 1 fully saturated rings. The van der Waals surface area contributed by atoms with Gasteiger partial charge in [-0.05, 0) is 41.6 Å². The molecular formula is C26H18FN3O. The molecule has 4 nitrogen and oxygen atoms in total. The maximum atomic E-state index is 14.4. The highest BCUT2D eigenvalue weighted by atomic mass is 19.1. The molecule has 1 saturated carbocycles. The Hall–Kier alpha value is -3.86. The Morgan fingerprint density at radius 1 is 0.903 bits per heavy atom. The van der Waals surface area contributed by atoms with Crippen LogP contribution in [-0.4, -0.2) is 14.5 Å². The van der Waals surface area contributed by atoms with Gasteiger partial charge in [0.05, 0.1) is 17.1 Å². The van der Waals surface area contributed by atoms with Gasteiger partial charge in [0.1, 0.15) is 5.82 Å². The van der Waals surface area contributed by atoms with Crippen LogP contribution in [-0.2, 0) is 0 Å². The highest BCUT2D eigenvalue weighted by molar-refractivity contribution is 5.96. The number of para-hydroxylation sites is 1. The first-order valence-corrected chi connectivity index (χ1v) is 10.3. The summed E-state index contributed by atoms with van der Waals surface area (Å²) in [6, 6.07) is 21.3. The Balaban J connectivity index is 1.44. The summed E-state index contributed by atoms with van der Waals surface area (Å²) in [5, 5.41) is 2.44. The number of halogens is 1. The van der Waals surface area contributed by atoms with Crippen molar-refractivity contribution in [2.45, 2.75) is 18.4 Å². The van der Waals surface area contributed by atoms with Crippen LogP contribution < -0.4 is 5.56 Å². The van der Waals surface area contributed by atoms with Gasteiger partial charge in [-0.15, -0.1) is 0 Å². The van der Waals surface area contributed by atoms with Crippen molar-refractivity contribution in [1.29, 1.82) is 0 Å². The number of benzene rings is 2. The molecule has 5 heteroatoms. The lowest BCUT2D eigenvalue weighted by Gasteiger charge is -2.11. The maximum Gasteiger partial charge on any atom is 0.259 e. The number of aromatic nitrogens is 3. The molecule has 150 valence electrons. The molecule has 3 aromatic heterocycles. The highest BCUT2D eigenvalue weighted by Crippen LogP contribution is 2.50. The second-order valence-corrected chi connectivity index (χ2v) is 7.99. The summed E-state index contributed by atoms with van der Waals surface area (Å²) in [5.41, 5.74) is 2.85. The van der Waals surface area contributed by atoms with Crippen molar-refractivity contribution in [3.05, 3.63) is 107 Å². The molecule has 1 aliphatic carbocycles. The van der Waals surface area contributed by atoms with E-state index in [1.54, 1.807) is 22.9 Å². The van der Waals surface area contributed by atoms with Gasteiger partial charge >= 0.3 is 0 Å². The summed E-state index contributed by atoms with van der Waals surface area (Å²) in [5.74, 6) is -0.237. The third-order valence-electron chi connectivity index (χ3n) is 6.14. The monoisotopic (exact) mass is 407 g/mol. The number of nitrogens with zero attached hydrogens (tertiary/aromatic N) is 3. The van der Waals surface area contributed by atoms with E-state index in [4.69, 9.17) is 4.98 Å². The number of rotatable bonds is 3. The molecule has 0 bridgehead atoms. The normalized spacial score (nSPS) is 17.8. The van der Waals surface area contributed by atoms with E-state index in [2.05, 4.69) is 17.1 Å². The molecule has 0 saturated heterocycles. The van der Waals surface area contributed by atoms with Crippen molar-refractivity contribution < 1.29 is 4.39 Å². The third-order valence-corrected chi connectivity index (χ3v) is 6.14. The molecule has 0 N–H and O–H groups in total. The molecule has 0 spiro atoms. The lowest BCUT2D eigenvalue weighted by molar-refractivity contribution is 0.625. The lowest BCUT2D eigenvalue weighted by Crippen LogP contribution is -2.19. The fourth-order valence-electron chi connectivity index (χ4n) is 4.48. The number of fused-ring (bicyclic) bond motifs is 2. The van der Waals surface area contributed by atoms with E-state index >= 15 is 0 Å². The van der Waals surface area contributed by atoms with Gasteiger partial charge < -0.3 is 4.57 Å². The van der Waals surface area contributed by atoms with Gasteiger partial charge in [-0.2, -0.15) is 0 Å². The first-order chi connectivity index (χ1) is 15.2. The highest BCUT2D eigenvalue weighted by Gasteiger charge is 2.41. The van der Waals surface area contributed by atoms with Gasteiger partial charge in [-0.1, -0.05) is 42.5 Å². The molecule has 0 aliphatic heterocycles. The van der Waals surface area contributed by atoms with Crippen molar-refractivity contribution in [3.8, 4) is 11.1 Å². The first-order valence-electron chi connectivity index (χ1n) is 10.3. The summed E-state index contributed by atoms with van der Waals surface area (Å²) >= 11 is 0. The molecule has 0 radical (unpaired) electrons. The average molecular weight is 407 g/mol. The van der Waals surface area contributed by atoms with E-state index in [1.165, 1.54) is 6.20 Å². The minimum atomic E-state index is -0.436. The van der Waals surface area contributed by atoms with E-state index in [9.17, 15) is 9.18 Å². The Labute approximate surface area is 177 Å². The molecule has 31 heavy (non-hydrogen) atoms. The van der Waals surface area contributed by atoms with E-state index < -0.39 is 5.82 Å². The molecule has 3 heterocycles. The van der Waals surface area contributed by atoms with Gasteiger partial charge in [0.25, 0.3) is 5.56 Å². The van der Waals surface area contributed by atoms with Crippen LogP contribution in [0, 0.1) is 5.82 Å². The second-order valence-electron chi connectivity index (χ2n) is 7.99. The number of hydrogen-bond acceptors (Lipinski definition) is 3. The predicted molar refractivity (Wildman–Crippen MR) is 120 cm³/mol. The van der Waals surface area contributed by atoms with Crippen molar-refractivity contribution in [2.75, 3.05) is 0 Å². The van der Waals surface area contributed by atoms with Crippen LogP contribution >= 0.6 is 0 Å². The zero-order valence-corrected chi connectivity index (χ0v) is 16.6. The fourth-order valence-corrected chi connectivity index (χ4v) is 4.48. The summed E-state index contributed by atoms with van der Waals surface area (Å²) in [6.45, 7) is 0. The number of hydrogen-bond donors (Lipinski definition) is 0. The minimum Gasteiger partial charge on any atom is -0.311 e. The molecule has 2 aromatic carbocycles. The fraction of sp³-hybridized carbons (Fsp3) is 0.115. The smallest absolute Gasteiger partial charge is 0.259 e. The van der Waals surface area contributed by atoms with Gasteiger partial charge in [0, 0.05) is 41.0 Å². The molecular weight excluding hydrogens is 389 g/mol. The topological polar surface area (TPSA) is 47.8 Å². The van der Waals surface area contributed by atoms with Gasteiger partial charge in [-0.25, -0.2) is 4.39 Å². The van der Waals surface area contributed by atoms with Gasteiger partial charge in [-0.3, -0.25) is 14.8 Å². The Bertz CT molecular complexity index is 1520. The van der Waals surface area contributed by atoms with Gasteiger partial charge in [0.2, 0.25) is 0 Å². The largest absolute Gasteiger partial charge is 0.311 e. The third kappa shape index (κ3) is 2.93. The van der Waals surface area contributed by atoms with Crippen LogP contribution in [0.1, 0.15) is 24.1 Å². The Morgan fingerprint density at radius 2 is 1.77 bits per heavy atom. The molecule has 1 aliphatic rings. The van der Waals surface area contributed by atoms with E-state index in [1.807, 2.05) is 48.7 Å². The zero-order chi connectivity index (χ0) is 20.9. The molecule has 0 amide bonds. The Morgan fingerprint density at radius 3 is 2.68 bits per heavy atom. The van der Waals surface area contributed by atoms with E-state index in [0.717, 1.165) is 28.4 Å². The summed E-state index contributed by atoms with van der Waals surface area (Å²) < 4.78 is 16.2. The molecule has 5 aromatic rings. The Kier molecular flexibility index (Phi) is 3.96. The summed E-state index contributed by atoms with van der Waals surface area (Å²) in [6.07, 6.45) is 5.44. The molecule has 0 unspecified atom stereocenters. The standard InChI is InChI=1S/C26H18FN3O/c27-21-15-28-12-10-18(21)19-6-3-5-17-11-13-30(26(31)25(17)19)24-14-20(24)23-9-8-16-4-1-2-7-22(16)29-23/h1-13,15,20,24H,14H2/t20-,24-/m1/s1. The van der Waals surface area contributed by atoms with Crippen molar-refractivity contribution in [2.24, 2.45) is 0 Å². The number of pyridine rings is 3. The average Bonchev–Trinajstić information content (AvgIpc) is 3.60. The van der Waals surface area contributed by atoms with Crippen LogP contribution in [0.4, 0.5) is 4.39 Å². The van der Waals surface area contributed by atoms with E-state index in [-0.39, 0.29) is 17.5 Å². The van der Waals surface area contributed by atoms with Gasteiger partial charge in [0.15, 0.2) is 0 Å².